The highest BCUT2D eigenvalue weighted by Crippen LogP contribution is 2.17. The fraction of sp³-hybridized carbons (Fsp3) is 0.278. The fourth-order valence-corrected chi connectivity index (χ4v) is 3.38. The topological polar surface area (TPSA) is 59.8 Å². The second kappa shape index (κ2) is 7.40. The molecule has 1 N–H and O–H groups in total. The van der Waals surface area contributed by atoms with Crippen LogP contribution in [0.15, 0.2) is 42.2 Å². The van der Waals surface area contributed by atoms with Crippen LogP contribution in [-0.2, 0) is 17.8 Å². The highest BCUT2D eigenvalue weighted by Gasteiger charge is 2.09. The Bertz CT molecular complexity index is 837. The third kappa shape index (κ3) is 3.71. The molecule has 0 aliphatic carbocycles. The van der Waals surface area contributed by atoms with E-state index < -0.39 is 0 Å². The summed E-state index contributed by atoms with van der Waals surface area (Å²) >= 11 is 1.61. The number of nitrogens with one attached hydrogen (secondary N) is 1. The lowest BCUT2D eigenvalue weighted by molar-refractivity contribution is -0.121. The summed E-state index contributed by atoms with van der Waals surface area (Å²) < 4.78 is 2.03. The molecule has 3 rings (SSSR count). The van der Waals surface area contributed by atoms with Gasteiger partial charge in [-0.25, -0.2) is 9.97 Å². The Morgan fingerprint density at radius 3 is 2.79 bits per heavy atom. The number of hydrogen-bond acceptors (Lipinski definition) is 4. The zero-order valence-corrected chi connectivity index (χ0v) is 14.6. The highest BCUT2D eigenvalue weighted by atomic mass is 32.1. The van der Waals surface area contributed by atoms with Crippen molar-refractivity contribution in [1.82, 2.24) is 19.9 Å². The summed E-state index contributed by atoms with van der Waals surface area (Å²) in [5, 5.41) is 3.01. The normalized spacial score (nSPS) is 10.8. The van der Waals surface area contributed by atoms with Crippen LogP contribution in [0.2, 0.25) is 0 Å². The van der Waals surface area contributed by atoms with Crippen LogP contribution in [0.3, 0.4) is 0 Å². The van der Waals surface area contributed by atoms with E-state index >= 15 is 0 Å². The summed E-state index contributed by atoms with van der Waals surface area (Å²) in [5.74, 6) is 0.981. The van der Waals surface area contributed by atoms with Crippen molar-refractivity contribution in [3.8, 4) is 5.69 Å². The van der Waals surface area contributed by atoms with E-state index in [9.17, 15) is 4.79 Å². The third-order valence-electron chi connectivity index (χ3n) is 3.98. The molecule has 3 aromatic rings. The van der Waals surface area contributed by atoms with Gasteiger partial charge in [-0.05, 0) is 31.9 Å². The Morgan fingerprint density at radius 2 is 2.08 bits per heavy atom. The van der Waals surface area contributed by atoms with Crippen molar-refractivity contribution in [2.75, 3.05) is 0 Å². The van der Waals surface area contributed by atoms with Crippen LogP contribution in [0.5, 0.6) is 0 Å². The first-order chi connectivity index (χ1) is 11.6. The van der Waals surface area contributed by atoms with Crippen LogP contribution in [0, 0.1) is 13.8 Å². The molecule has 0 spiro atoms. The monoisotopic (exact) mass is 340 g/mol. The van der Waals surface area contributed by atoms with Crippen molar-refractivity contribution < 1.29 is 4.79 Å². The smallest absolute Gasteiger partial charge is 0.220 e. The summed E-state index contributed by atoms with van der Waals surface area (Å²) in [7, 11) is 0. The highest BCUT2D eigenvalue weighted by molar-refractivity contribution is 7.09. The maximum Gasteiger partial charge on any atom is 0.220 e. The molecular weight excluding hydrogens is 320 g/mol. The van der Waals surface area contributed by atoms with E-state index in [4.69, 9.17) is 0 Å². The molecule has 0 atom stereocenters. The van der Waals surface area contributed by atoms with E-state index in [2.05, 4.69) is 15.3 Å². The van der Waals surface area contributed by atoms with Crippen LogP contribution in [-0.4, -0.2) is 20.4 Å². The average molecular weight is 340 g/mol. The summed E-state index contributed by atoms with van der Waals surface area (Å²) in [5.41, 5.74) is 4.97. The predicted molar refractivity (Wildman–Crippen MR) is 95.3 cm³/mol. The van der Waals surface area contributed by atoms with Crippen molar-refractivity contribution in [3.05, 3.63) is 64.1 Å². The van der Waals surface area contributed by atoms with Gasteiger partial charge in [-0.3, -0.25) is 4.79 Å². The second-order valence-electron chi connectivity index (χ2n) is 5.61. The molecule has 1 aromatic carbocycles. The summed E-state index contributed by atoms with van der Waals surface area (Å²) in [4.78, 5) is 21.8. The molecule has 5 nitrogen and oxygen atoms in total. The van der Waals surface area contributed by atoms with Crippen LogP contribution in [0.25, 0.3) is 5.69 Å². The van der Waals surface area contributed by atoms with Gasteiger partial charge in [0.2, 0.25) is 5.91 Å². The van der Waals surface area contributed by atoms with E-state index in [1.165, 1.54) is 4.88 Å². The zero-order chi connectivity index (χ0) is 16.9. The van der Waals surface area contributed by atoms with E-state index in [1.807, 2.05) is 54.4 Å². The van der Waals surface area contributed by atoms with Gasteiger partial charge in [-0.2, -0.15) is 0 Å². The van der Waals surface area contributed by atoms with Gasteiger partial charge in [0.25, 0.3) is 0 Å². The second-order valence-corrected chi connectivity index (χ2v) is 6.55. The van der Waals surface area contributed by atoms with Gasteiger partial charge in [0, 0.05) is 30.2 Å². The molecule has 6 heteroatoms. The van der Waals surface area contributed by atoms with E-state index in [-0.39, 0.29) is 5.91 Å². The number of carbonyl (C=O) groups excluding carboxylic acids is 1. The maximum absolute atomic E-state index is 12.1. The lowest BCUT2D eigenvalue weighted by Crippen LogP contribution is -2.23. The largest absolute Gasteiger partial charge is 0.352 e. The summed E-state index contributed by atoms with van der Waals surface area (Å²) in [6, 6.07) is 8.05. The quantitative estimate of drug-likeness (QED) is 0.750. The van der Waals surface area contributed by atoms with E-state index in [1.54, 1.807) is 17.5 Å². The molecular formula is C18H20N4OS. The van der Waals surface area contributed by atoms with E-state index in [0.29, 0.717) is 13.0 Å². The Labute approximate surface area is 145 Å². The molecule has 0 bridgehead atoms. The number of para-hydroxylation sites is 1. The third-order valence-corrected chi connectivity index (χ3v) is 4.97. The number of carbonyl (C=O) groups is 1. The van der Waals surface area contributed by atoms with Crippen LogP contribution in [0.4, 0.5) is 0 Å². The lowest BCUT2D eigenvalue weighted by atomic mass is 10.1. The molecule has 0 aliphatic rings. The molecule has 2 aromatic heterocycles. The van der Waals surface area contributed by atoms with Gasteiger partial charge in [-0.15, -0.1) is 11.3 Å². The standard InChI is InChI=1S/C18H20N4OS/c1-13-17(24-12-21-13)7-8-18(23)20-11-15-5-3-4-6-16(15)22-10-9-19-14(22)2/h3-6,9-10,12H,7-8,11H2,1-2H3,(H,20,23). The Morgan fingerprint density at radius 1 is 1.25 bits per heavy atom. The zero-order valence-electron chi connectivity index (χ0n) is 13.8. The number of rotatable bonds is 6. The van der Waals surface area contributed by atoms with Crippen molar-refractivity contribution >= 4 is 17.2 Å². The molecule has 0 saturated carbocycles. The summed E-state index contributed by atoms with van der Waals surface area (Å²) in [6.45, 7) is 4.45. The van der Waals surface area contributed by atoms with Crippen LogP contribution < -0.4 is 5.32 Å². The number of thiazole rings is 1. The Balaban J connectivity index is 1.62. The van der Waals surface area contributed by atoms with E-state index in [0.717, 1.165) is 29.2 Å². The number of benzene rings is 1. The van der Waals surface area contributed by atoms with Gasteiger partial charge < -0.3 is 9.88 Å². The maximum atomic E-state index is 12.1. The first-order valence-electron chi connectivity index (χ1n) is 7.89. The Kier molecular flexibility index (Phi) is 5.05. The molecule has 0 saturated heterocycles. The number of hydrogen-bond donors (Lipinski definition) is 1. The molecule has 0 unspecified atom stereocenters. The van der Waals surface area contributed by atoms with Crippen molar-refractivity contribution in [2.24, 2.45) is 0 Å². The minimum atomic E-state index is 0.0555. The van der Waals surface area contributed by atoms with Gasteiger partial charge >= 0.3 is 0 Å². The molecule has 2 heterocycles. The van der Waals surface area contributed by atoms with Crippen molar-refractivity contribution in [2.45, 2.75) is 33.2 Å². The number of nitrogens with zero attached hydrogens (tertiary/aromatic N) is 3. The molecule has 1 amide bonds. The Hall–Kier alpha value is -2.47. The lowest BCUT2D eigenvalue weighted by Gasteiger charge is -2.12. The SMILES string of the molecule is Cc1ncsc1CCC(=O)NCc1ccccc1-n1ccnc1C. The number of aromatic nitrogens is 3. The molecule has 24 heavy (non-hydrogen) atoms. The van der Waals surface area contributed by atoms with Gasteiger partial charge in [0.15, 0.2) is 0 Å². The van der Waals surface area contributed by atoms with Crippen molar-refractivity contribution in [3.63, 3.8) is 0 Å². The first-order valence-corrected chi connectivity index (χ1v) is 8.77. The molecule has 0 fully saturated rings. The predicted octanol–water partition coefficient (Wildman–Crippen LogP) is 3.19. The van der Waals surface area contributed by atoms with Crippen LogP contribution >= 0.6 is 11.3 Å². The molecule has 0 aliphatic heterocycles. The average Bonchev–Trinajstić information content (AvgIpc) is 3.19. The van der Waals surface area contributed by atoms with Gasteiger partial charge in [0.05, 0.1) is 16.9 Å². The van der Waals surface area contributed by atoms with Crippen LogP contribution in [0.1, 0.15) is 28.4 Å². The minimum Gasteiger partial charge on any atom is -0.352 e. The van der Waals surface area contributed by atoms with Gasteiger partial charge in [0.1, 0.15) is 5.82 Å². The number of aryl methyl sites for hydroxylation is 3. The first kappa shape index (κ1) is 16.4. The minimum absolute atomic E-state index is 0.0555. The fourth-order valence-electron chi connectivity index (χ4n) is 2.60. The number of imidazole rings is 1. The number of amides is 1. The van der Waals surface area contributed by atoms with Gasteiger partial charge in [-0.1, -0.05) is 18.2 Å². The summed E-state index contributed by atoms with van der Waals surface area (Å²) in [6.07, 6.45) is 4.94. The molecule has 124 valence electrons. The molecule has 0 radical (unpaired) electrons. The van der Waals surface area contributed by atoms with Crippen molar-refractivity contribution in [1.29, 1.82) is 0 Å².